The number of imide groups is 1. The molecule has 116 valence electrons. The second kappa shape index (κ2) is 5.53. The summed E-state index contributed by atoms with van der Waals surface area (Å²) in [5, 5.41) is 6.23. The summed E-state index contributed by atoms with van der Waals surface area (Å²) in [4.78, 5) is 37.6. The zero-order valence-corrected chi connectivity index (χ0v) is 12.3. The van der Waals surface area contributed by atoms with Crippen molar-refractivity contribution >= 4 is 23.5 Å². The maximum atomic E-state index is 12.2. The number of anilines is 1. The van der Waals surface area contributed by atoms with Gasteiger partial charge in [-0.1, -0.05) is 11.2 Å². The largest absolute Gasteiger partial charge is 0.360 e. The van der Waals surface area contributed by atoms with Crippen LogP contribution >= 0.6 is 0 Å². The predicted octanol–water partition coefficient (Wildman–Crippen LogP) is 2.02. The van der Waals surface area contributed by atoms with Crippen molar-refractivity contribution in [1.82, 2.24) is 10.1 Å². The summed E-state index contributed by atoms with van der Waals surface area (Å²) in [5.74, 6) is -0.414. The van der Waals surface area contributed by atoms with Crippen LogP contribution in [-0.4, -0.2) is 34.3 Å². The Balaban J connectivity index is 1.87. The fourth-order valence-electron chi connectivity index (χ4n) is 2.34. The summed E-state index contributed by atoms with van der Waals surface area (Å²) in [7, 11) is 0. The van der Waals surface area contributed by atoms with Crippen LogP contribution in [0.25, 0.3) is 0 Å². The number of nitrogens with zero attached hydrogens (tertiary/aromatic N) is 2. The van der Waals surface area contributed by atoms with Crippen molar-refractivity contribution in [2.75, 3.05) is 11.9 Å². The Kier molecular flexibility index (Phi) is 3.53. The molecule has 0 radical (unpaired) electrons. The third kappa shape index (κ3) is 2.52. The van der Waals surface area contributed by atoms with Crippen LogP contribution in [0, 0.1) is 6.92 Å². The molecule has 7 nitrogen and oxygen atoms in total. The lowest BCUT2D eigenvalue weighted by Crippen LogP contribution is -2.29. The molecule has 1 aliphatic heterocycles. The number of aryl methyl sites for hydroxylation is 1. The van der Waals surface area contributed by atoms with Gasteiger partial charge in [-0.15, -0.1) is 6.58 Å². The van der Waals surface area contributed by atoms with E-state index in [1.807, 2.05) is 0 Å². The Bertz CT molecular complexity index is 838. The van der Waals surface area contributed by atoms with E-state index in [1.54, 1.807) is 13.0 Å². The van der Waals surface area contributed by atoms with Gasteiger partial charge >= 0.3 is 0 Å². The number of hydrogen-bond donors (Lipinski definition) is 1. The van der Waals surface area contributed by atoms with Gasteiger partial charge < -0.3 is 9.84 Å². The second-order valence-corrected chi connectivity index (χ2v) is 5.05. The Morgan fingerprint density at radius 1 is 1.30 bits per heavy atom. The number of amides is 3. The summed E-state index contributed by atoms with van der Waals surface area (Å²) in [6.07, 6.45) is 1.47. The first-order valence-corrected chi connectivity index (χ1v) is 6.87. The molecule has 0 saturated carbocycles. The first-order chi connectivity index (χ1) is 11.0. The minimum absolute atomic E-state index is 0.131. The Morgan fingerprint density at radius 3 is 2.70 bits per heavy atom. The van der Waals surface area contributed by atoms with E-state index < -0.39 is 11.8 Å². The number of fused-ring (bicyclic) bond motifs is 1. The Morgan fingerprint density at radius 2 is 2.04 bits per heavy atom. The summed E-state index contributed by atoms with van der Waals surface area (Å²) >= 11 is 0. The van der Waals surface area contributed by atoms with Crippen molar-refractivity contribution in [3.8, 4) is 0 Å². The van der Waals surface area contributed by atoms with E-state index in [9.17, 15) is 14.4 Å². The van der Waals surface area contributed by atoms with Gasteiger partial charge in [0.25, 0.3) is 17.7 Å². The number of benzene rings is 1. The highest BCUT2D eigenvalue weighted by atomic mass is 16.5. The van der Waals surface area contributed by atoms with Crippen molar-refractivity contribution in [3.05, 3.63) is 59.4 Å². The lowest BCUT2D eigenvalue weighted by Gasteiger charge is -2.09. The monoisotopic (exact) mass is 311 g/mol. The van der Waals surface area contributed by atoms with Gasteiger partial charge in [0.1, 0.15) is 5.76 Å². The van der Waals surface area contributed by atoms with Crippen molar-refractivity contribution in [2.45, 2.75) is 6.92 Å². The van der Waals surface area contributed by atoms with E-state index in [1.165, 1.54) is 24.3 Å². The van der Waals surface area contributed by atoms with E-state index in [0.29, 0.717) is 5.76 Å². The molecule has 0 fully saturated rings. The normalized spacial score (nSPS) is 13.2. The molecule has 0 aliphatic carbocycles. The van der Waals surface area contributed by atoms with E-state index in [0.717, 1.165) is 4.90 Å². The Hall–Kier alpha value is -3.22. The highest BCUT2D eigenvalue weighted by Crippen LogP contribution is 2.24. The molecule has 3 rings (SSSR count). The third-order valence-electron chi connectivity index (χ3n) is 3.41. The lowest BCUT2D eigenvalue weighted by molar-refractivity contribution is 0.0672. The van der Waals surface area contributed by atoms with Gasteiger partial charge in [-0.2, -0.15) is 0 Å². The summed E-state index contributed by atoms with van der Waals surface area (Å²) in [6.45, 7) is 5.36. The highest BCUT2D eigenvalue weighted by Gasteiger charge is 2.35. The zero-order chi connectivity index (χ0) is 16.6. The third-order valence-corrected chi connectivity index (χ3v) is 3.41. The van der Waals surface area contributed by atoms with Crippen LogP contribution in [0.4, 0.5) is 5.82 Å². The van der Waals surface area contributed by atoms with Gasteiger partial charge in [-0.05, 0) is 25.1 Å². The summed E-state index contributed by atoms with van der Waals surface area (Å²) in [5.41, 5.74) is 0.748. The van der Waals surface area contributed by atoms with Gasteiger partial charge in [-0.3, -0.25) is 19.3 Å². The van der Waals surface area contributed by atoms with E-state index in [4.69, 9.17) is 4.52 Å². The van der Waals surface area contributed by atoms with Gasteiger partial charge in [0.05, 0.1) is 11.1 Å². The van der Waals surface area contributed by atoms with Gasteiger partial charge in [0, 0.05) is 18.2 Å². The average molecular weight is 311 g/mol. The molecule has 1 aromatic heterocycles. The second-order valence-electron chi connectivity index (χ2n) is 5.05. The van der Waals surface area contributed by atoms with Crippen LogP contribution in [0.15, 0.2) is 41.4 Å². The van der Waals surface area contributed by atoms with Crippen LogP contribution in [0.3, 0.4) is 0 Å². The number of hydrogen-bond acceptors (Lipinski definition) is 5. The van der Waals surface area contributed by atoms with E-state index in [-0.39, 0.29) is 35.0 Å². The van der Waals surface area contributed by atoms with Crippen LogP contribution < -0.4 is 5.32 Å². The summed E-state index contributed by atoms with van der Waals surface area (Å²) < 4.78 is 4.87. The number of carbonyl (C=O) groups is 3. The number of nitrogens with one attached hydrogen (secondary N) is 1. The first-order valence-electron chi connectivity index (χ1n) is 6.87. The van der Waals surface area contributed by atoms with Crippen LogP contribution in [0.1, 0.15) is 36.8 Å². The molecule has 0 spiro atoms. The molecule has 2 aromatic rings. The average Bonchev–Trinajstić information content (AvgIpc) is 3.04. The maximum Gasteiger partial charge on any atom is 0.261 e. The Labute approximate surface area is 131 Å². The minimum Gasteiger partial charge on any atom is -0.360 e. The molecule has 3 amide bonds. The van der Waals surface area contributed by atoms with Crippen LogP contribution in [-0.2, 0) is 0 Å². The first kappa shape index (κ1) is 14.7. The lowest BCUT2D eigenvalue weighted by atomic mass is 10.1. The molecular formula is C16H13N3O4. The number of carbonyl (C=O) groups excluding carboxylic acids is 3. The highest BCUT2D eigenvalue weighted by molar-refractivity contribution is 6.22. The van der Waals surface area contributed by atoms with Crippen molar-refractivity contribution in [1.29, 1.82) is 0 Å². The van der Waals surface area contributed by atoms with Crippen LogP contribution in [0.5, 0.6) is 0 Å². The molecule has 2 heterocycles. The molecular weight excluding hydrogens is 298 g/mol. The SMILES string of the molecule is C=CCN1C(=O)c2ccc(C(=O)Nc3cc(C)on3)cc2C1=O. The molecule has 0 bridgehead atoms. The molecule has 0 unspecified atom stereocenters. The van der Waals surface area contributed by atoms with Gasteiger partial charge in [-0.25, -0.2) is 0 Å². The van der Waals surface area contributed by atoms with Crippen LogP contribution in [0.2, 0.25) is 0 Å². The summed E-state index contributed by atoms with van der Waals surface area (Å²) in [6, 6.07) is 5.94. The molecule has 0 saturated heterocycles. The van der Waals surface area contributed by atoms with Gasteiger partial charge in [0.2, 0.25) is 0 Å². The molecule has 0 atom stereocenters. The molecule has 7 heteroatoms. The minimum atomic E-state index is -0.441. The predicted molar refractivity (Wildman–Crippen MR) is 81.2 cm³/mol. The fraction of sp³-hybridized carbons (Fsp3) is 0.125. The van der Waals surface area contributed by atoms with Crippen molar-refractivity contribution in [2.24, 2.45) is 0 Å². The number of rotatable bonds is 4. The van der Waals surface area contributed by atoms with Crippen molar-refractivity contribution in [3.63, 3.8) is 0 Å². The van der Waals surface area contributed by atoms with E-state index in [2.05, 4.69) is 17.1 Å². The van der Waals surface area contributed by atoms with Crippen molar-refractivity contribution < 1.29 is 18.9 Å². The molecule has 1 N–H and O–H groups in total. The van der Waals surface area contributed by atoms with E-state index >= 15 is 0 Å². The van der Waals surface area contributed by atoms with Gasteiger partial charge in [0.15, 0.2) is 5.82 Å². The smallest absolute Gasteiger partial charge is 0.261 e. The topological polar surface area (TPSA) is 92.5 Å². The maximum absolute atomic E-state index is 12.2. The molecule has 23 heavy (non-hydrogen) atoms. The molecule has 1 aromatic carbocycles. The molecule has 1 aliphatic rings. The number of aromatic nitrogens is 1. The standard InChI is InChI=1S/C16H13N3O4/c1-3-6-19-15(21)11-5-4-10(8-12(11)16(19)22)14(20)17-13-7-9(2)23-18-13/h3-5,7-8H,1,6H2,2H3,(H,17,18,20). The zero-order valence-electron chi connectivity index (χ0n) is 12.3. The fourth-order valence-corrected chi connectivity index (χ4v) is 2.34. The quantitative estimate of drug-likeness (QED) is 0.689.